The molecule has 0 spiro atoms. The zero-order valence-corrected chi connectivity index (χ0v) is 15.5. The van der Waals surface area contributed by atoms with E-state index in [9.17, 15) is 14.7 Å². The summed E-state index contributed by atoms with van der Waals surface area (Å²) in [4.78, 5) is 22.5. The fourth-order valence-corrected chi connectivity index (χ4v) is 3.11. The molecule has 1 aliphatic rings. The minimum Gasteiger partial charge on any atom is -0.481 e. The highest BCUT2D eigenvalue weighted by atomic mass is 16.4. The van der Waals surface area contributed by atoms with E-state index in [1.807, 2.05) is 38.2 Å². The van der Waals surface area contributed by atoms with Gasteiger partial charge in [0.25, 0.3) is 0 Å². The van der Waals surface area contributed by atoms with E-state index in [2.05, 4.69) is 6.08 Å². The molecule has 0 bridgehead atoms. The van der Waals surface area contributed by atoms with Crippen LogP contribution < -0.4 is 0 Å². The van der Waals surface area contributed by atoms with E-state index >= 15 is 0 Å². The van der Waals surface area contributed by atoms with Crippen LogP contribution in [0.1, 0.15) is 65.2 Å². The van der Waals surface area contributed by atoms with E-state index in [-0.39, 0.29) is 18.3 Å². The van der Waals surface area contributed by atoms with Crippen LogP contribution in [0.2, 0.25) is 0 Å². The summed E-state index contributed by atoms with van der Waals surface area (Å²) in [7, 11) is 0. The Bertz CT molecular complexity index is 512. The number of carboxylic acid groups (broad SMARTS) is 1. The normalized spacial score (nSPS) is 22.0. The number of hydrogen-bond donors (Lipinski definition) is 2. The van der Waals surface area contributed by atoms with Crippen molar-refractivity contribution >= 4 is 11.8 Å². The van der Waals surface area contributed by atoms with Gasteiger partial charge in [-0.05, 0) is 58.3 Å². The molecular formula is C21H32O4. The van der Waals surface area contributed by atoms with Crippen molar-refractivity contribution in [1.82, 2.24) is 0 Å². The number of carbonyl (C=O) groups excluding carboxylic acids is 1. The Hall–Kier alpha value is -1.68. The summed E-state index contributed by atoms with van der Waals surface area (Å²) in [5.41, 5.74) is 1.26. The first kappa shape index (κ1) is 21.4. The van der Waals surface area contributed by atoms with Crippen molar-refractivity contribution in [3.8, 4) is 0 Å². The van der Waals surface area contributed by atoms with Gasteiger partial charge in [-0.2, -0.15) is 0 Å². The summed E-state index contributed by atoms with van der Waals surface area (Å²) in [5, 5.41) is 18.6. The molecule has 140 valence electrons. The van der Waals surface area contributed by atoms with Crippen LogP contribution in [0.5, 0.6) is 0 Å². The van der Waals surface area contributed by atoms with E-state index in [4.69, 9.17) is 5.11 Å². The minimum atomic E-state index is -0.771. The van der Waals surface area contributed by atoms with Gasteiger partial charge in [-0.3, -0.25) is 9.59 Å². The molecule has 0 heterocycles. The highest BCUT2D eigenvalue weighted by Crippen LogP contribution is 2.33. The number of aliphatic hydroxyl groups is 1. The highest BCUT2D eigenvalue weighted by molar-refractivity contribution is 5.83. The van der Waals surface area contributed by atoms with Crippen molar-refractivity contribution in [1.29, 1.82) is 0 Å². The van der Waals surface area contributed by atoms with Crippen molar-refractivity contribution in [2.45, 2.75) is 71.3 Å². The van der Waals surface area contributed by atoms with Crippen LogP contribution in [0.25, 0.3) is 0 Å². The van der Waals surface area contributed by atoms with Gasteiger partial charge in [-0.15, -0.1) is 0 Å². The molecule has 2 N–H and O–H groups in total. The van der Waals surface area contributed by atoms with Crippen LogP contribution >= 0.6 is 0 Å². The van der Waals surface area contributed by atoms with Crippen molar-refractivity contribution in [2.24, 2.45) is 11.8 Å². The number of unbranched alkanes of at least 4 members (excludes halogenated alkanes) is 1. The maximum Gasteiger partial charge on any atom is 0.303 e. The van der Waals surface area contributed by atoms with Gasteiger partial charge in [0.05, 0.1) is 6.10 Å². The second kappa shape index (κ2) is 11.8. The van der Waals surface area contributed by atoms with E-state index in [0.29, 0.717) is 31.5 Å². The number of Topliss-reactive ketones (excluding diaryl/α,β-unsaturated/α-hetero) is 1. The molecule has 0 amide bonds. The molecular weight excluding hydrogens is 316 g/mol. The second-order valence-corrected chi connectivity index (χ2v) is 7.08. The topological polar surface area (TPSA) is 74.6 Å². The van der Waals surface area contributed by atoms with E-state index in [0.717, 1.165) is 19.3 Å². The molecule has 4 nitrogen and oxygen atoms in total. The number of rotatable bonds is 11. The number of allylic oxidation sites excluding steroid dienone is 5. The van der Waals surface area contributed by atoms with Crippen LogP contribution in [-0.2, 0) is 9.59 Å². The van der Waals surface area contributed by atoms with Gasteiger partial charge < -0.3 is 10.2 Å². The van der Waals surface area contributed by atoms with Gasteiger partial charge in [0, 0.05) is 18.8 Å². The lowest BCUT2D eigenvalue weighted by Crippen LogP contribution is -2.13. The van der Waals surface area contributed by atoms with E-state index in [1.165, 1.54) is 5.57 Å². The summed E-state index contributed by atoms with van der Waals surface area (Å²) >= 11 is 0. The van der Waals surface area contributed by atoms with E-state index < -0.39 is 12.1 Å². The molecule has 4 heteroatoms. The predicted molar refractivity (Wildman–Crippen MR) is 100 cm³/mol. The largest absolute Gasteiger partial charge is 0.481 e. The smallest absolute Gasteiger partial charge is 0.303 e. The lowest BCUT2D eigenvalue weighted by atomic mass is 9.91. The summed E-state index contributed by atoms with van der Waals surface area (Å²) in [6.07, 6.45) is 14.8. The molecule has 1 aliphatic carbocycles. The van der Waals surface area contributed by atoms with Crippen molar-refractivity contribution in [3.63, 3.8) is 0 Å². The Morgan fingerprint density at radius 2 is 2.04 bits per heavy atom. The van der Waals surface area contributed by atoms with Crippen LogP contribution in [0, 0.1) is 11.8 Å². The molecule has 0 aromatic carbocycles. The Labute approximate surface area is 151 Å². The lowest BCUT2D eigenvalue weighted by molar-refractivity contribution is -0.137. The third kappa shape index (κ3) is 9.40. The fourth-order valence-electron chi connectivity index (χ4n) is 3.11. The fraction of sp³-hybridized carbons (Fsp3) is 0.619. The third-order valence-electron chi connectivity index (χ3n) is 4.57. The summed E-state index contributed by atoms with van der Waals surface area (Å²) in [6.45, 7) is 4.10. The minimum absolute atomic E-state index is 0.00282. The monoisotopic (exact) mass is 348 g/mol. The average Bonchev–Trinajstić information content (AvgIpc) is 2.88. The molecule has 0 unspecified atom stereocenters. The Balaban J connectivity index is 2.40. The summed E-state index contributed by atoms with van der Waals surface area (Å²) in [6, 6.07) is 0. The number of carbonyl (C=O) groups is 2. The first-order valence-corrected chi connectivity index (χ1v) is 9.29. The summed E-state index contributed by atoms with van der Waals surface area (Å²) in [5.74, 6) is -0.275. The first-order valence-electron chi connectivity index (χ1n) is 9.29. The quantitative estimate of drug-likeness (QED) is 0.427. The molecule has 1 saturated carbocycles. The van der Waals surface area contributed by atoms with Crippen LogP contribution in [0.4, 0.5) is 0 Å². The van der Waals surface area contributed by atoms with Gasteiger partial charge >= 0.3 is 5.97 Å². The third-order valence-corrected chi connectivity index (χ3v) is 4.57. The van der Waals surface area contributed by atoms with Crippen molar-refractivity contribution in [3.05, 3.63) is 36.0 Å². The average molecular weight is 348 g/mol. The maximum absolute atomic E-state index is 12.1. The standard InChI is InChI=1S/C21H32O4/c1-16(2)8-7-9-18(22)14-12-17-13-15-20(23)19(17)10-5-3-4-6-11-21(24)25/h3,5,8,12,14,17-19,22H,4,6-7,9-11,13,15H2,1-2H3,(H,24,25)/t17-,18+,19+/m0/s1. The number of ketones is 1. The first-order chi connectivity index (χ1) is 11.9. The number of aliphatic hydroxyl groups excluding tert-OH is 1. The van der Waals surface area contributed by atoms with Gasteiger partial charge in [0.2, 0.25) is 0 Å². The molecule has 25 heavy (non-hydrogen) atoms. The summed E-state index contributed by atoms with van der Waals surface area (Å²) < 4.78 is 0. The molecule has 3 atom stereocenters. The molecule has 0 radical (unpaired) electrons. The molecule has 0 aliphatic heterocycles. The maximum atomic E-state index is 12.1. The molecule has 0 saturated heterocycles. The van der Waals surface area contributed by atoms with Crippen LogP contribution in [0.15, 0.2) is 36.0 Å². The number of aliphatic carboxylic acids is 1. The second-order valence-electron chi connectivity index (χ2n) is 7.08. The van der Waals surface area contributed by atoms with Crippen molar-refractivity contribution < 1.29 is 19.8 Å². The van der Waals surface area contributed by atoms with E-state index in [1.54, 1.807) is 0 Å². The van der Waals surface area contributed by atoms with Crippen LogP contribution in [-0.4, -0.2) is 28.1 Å². The van der Waals surface area contributed by atoms with Crippen molar-refractivity contribution in [2.75, 3.05) is 0 Å². The zero-order valence-electron chi connectivity index (χ0n) is 15.5. The highest BCUT2D eigenvalue weighted by Gasteiger charge is 2.31. The molecule has 0 aromatic heterocycles. The van der Waals surface area contributed by atoms with Gasteiger partial charge in [0.15, 0.2) is 0 Å². The van der Waals surface area contributed by atoms with Crippen LogP contribution in [0.3, 0.4) is 0 Å². The molecule has 1 fully saturated rings. The Morgan fingerprint density at radius 3 is 2.72 bits per heavy atom. The lowest BCUT2D eigenvalue weighted by Gasteiger charge is -2.13. The molecule has 0 aromatic rings. The zero-order chi connectivity index (χ0) is 18.7. The predicted octanol–water partition coefficient (Wildman–Crippen LogP) is 4.45. The van der Waals surface area contributed by atoms with Gasteiger partial charge in [-0.1, -0.05) is 36.0 Å². The molecule has 1 rings (SSSR count). The Morgan fingerprint density at radius 1 is 1.28 bits per heavy atom. The number of carboxylic acids is 1. The van der Waals surface area contributed by atoms with Gasteiger partial charge in [-0.25, -0.2) is 0 Å². The number of hydrogen-bond acceptors (Lipinski definition) is 3. The Kier molecular flexibility index (Phi) is 10.1. The van der Waals surface area contributed by atoms with Gasteiger partial charge in [0.1, 0.15) is 5.78 Å². The SMILES string of the molecule is CC(C)=CCC[C@@H](O)C=C[C@H]1CCC(=O)[C@@H]1CC=CCCCC(=O)O.